The second-order valence-corrected chi connectivity index (χ2v) is 9.24. The topological polar surface area (TPSA) is 0 Å². The second kappa shape index (κ2) is 7.39. The van der Waals surface area contributed by atoms with Crippen molar-refractivity contribution in [2.45, 2.75) is 39.5 Å². The molecule has 0 nitrogen and oxygen atoms in total. The normalized spacial score (nSPS) is 15.1. The monoisotopic (exact) mass is 216 g/mol. The van der Waals surface area contributed by atoms with Crippen LogP contribution in [0.2, 0.25) is 0 Å². The Bertz CT molecular complexity index is 149. The second-order valence-electron chi connectivity index (χ2n) is 4.96. The molecule has 0 saturated carbocycles. The number of hydrogen-bond donors (Lipinski definition) is 0. The molecule has 0 amide bonds. The van der Waals surface area contributed by atoms with Crippen molar-refractivity contribution in [2.24, 2.45) is 5.92 Å². The summed E-state index contributed by atoms with van der Waals surface area (Å²) in [6, 6.07) is 0. The summed E-state index contributed by atoms with van der Waals surface area (Å²) in [7, 11) is -0.345. The van der Waals surface area contributed by atoms with Crippen LogP contribution in [0.25, 0.3) is 0 Å². The first-order valence-corrected chi connectivity index (χ1v) is 8.60. The summed E-state index contributed by atoms with van der Waals surface area (Å²) in [6.45, 7) is 8.50. The maximum Gasteiger partial charge on any atom is -0.0198 e. The molecule has 0 radical (unpaired) electrons. The van der Waals surface area contributed by atoms with Crippen LogP contribution in [0.5, 0.6) is 0 Å². The standard InChI is InChI=1S/C13H28S/c1-6-8-10-13(3)12-14(4,5)11-9-7-2/h7,13H,2,6,8-12H2,1,3-5H3. The molecule has 0 aliphatic carbocycles. The summed E-state index contributed by atoms with van der Waals surface area (Å²) >= 11 is 0. The van der Waals surface area contributed by atoms with Gasteiger partial charge in [-0.1, -0.05) is 32.8 Å². The van der Waals surface area contributed by atoms with Crippen molar-refractivity contribution < 1.29 is 0 Å². The highest BCUT2D eigenvalue weighted by Gasteiger charge is 2.14. The molecule has 0 aromatic heterocycles. The van der Waals surface area contributed by atoms with E-state index in [0.717, 1.165) is 5.92 Å². The van der Waals surface area contributed by atoms with Gasteiger partial charge in [0.25, 0.3) is 0 Å². The lowest BCUT2D eigenvalue weighted by Gasteiger charge is -2.33. The minimum atomic E-state index is -0.345. The van der Waals surface area contributed by atoms with Crippen LogP contribution in [-0.2, 0) is 0 Å². The first kappa shape index (κ1) is 14.1. The van der Waals surface area contributed by atoms with Crippen LogP contribution in [-0.4, -0.2) is 24.0 Å². The molecule has 0 aromatic carbocycles. The van der Waals surface area contributed by atoms with Gasteiger partial charge in [-0.25, -0.2) is 10.0 Å². The Kier molecular flexibility index (Phi) is 7.44. The quantitative estimate of drug-likeness (QED) is 0.526. The van der Waals surface area contributed by atoms with E-state index in [9.17, 15) is 0 Å². The molecule has 0 aliphatic heterocycles. The van der Waals surface area contributed by atoms with Crippen molar-refractivity contribution in [3.05, 3.63) is 12.7 Å². The molecule has 0 aliphatic rings. The molecule has 0 aromatic rings. The molecule has 0 rings (SSSR count). The molecule has 0 N–H and O–H groups in total. The summed E-state index contributed by atoms with van der Waals surface area (Å²) in [4.78, 5) is 0. The van der Waals surface area contributed by atoms with Crippen LogP contribution in [0.3, 0.4) is 0 Å². The molecule has 0 spiro atoms. The predicted molar refractivity (Wildman–Crippen MR) is 72.7 cm³/mol. The van der Waals surface area contributed by atoms with Crippen LogP contribution in [0, 0.1) is 5.92 Å². The summed E-state index contributed by atoms with van der Waals surface area (Å²) in [5, 5.41) is 0. The third-order valence-corrected chi connectivity index (χ3v) is 5.47. The number of unbranched alkanes of at least 4 members (excludes halogenated alkanes) is 1. The van der Waals surface area contributed by atoms with E-state index in [-0.39, 0.29) is 10.0 Å². The van der Waals surface area contributed by atoms with Crippen LogP contribution in [0.4, 0.5) is 0 Å². The summed E-state index contributed by atoms with van der Waals surface area (Å²) < 4.78 is 0. The number of rotatable bonds is 8. The lowest BCUT2D eigenvalue weighted by atomic mass is 10.1. The van der Waals surface area contributed by atoms with Gasteiger partial charge in [-0.2, -0.15) is 0 Å². The van der Waals surface area contributed by atoms with Crippen molar-refractivity contribution in [1.29, 1.82) is 0 Å². The van der Waals surface area contributed by atoms with E-state index in [1.54, 1.807) is 0 Å². The maximum absolute atomic E-state index is 3.81. The van der Waals surface area contributed by atoms with Gasteiger partial charge in [-0.05, 0) is 42.8 Å². The minimum absolute atomic E-state index is 0.345. The van der Waals surface area contributed by atoms with Gasteiger partial charge in [0.15, 0.2) is 0 Å². The zero-order valence-electron chi connectivity index (χ0n) is 10.5. The molecule has 86 valence electrons. The van der Waals surface area contributed by atoms with E-state index < -0.39 is 0 Å². The molecule has 0 saturated heterocycles. The van der Waals surface area contributed by atoms with Crippen LogP contribution in [0.1, 0.15) is 39.5 Å². The van der Waals surface area contributed by atoms with Crippen molar-refractivity contribution in [3.63, 3.8) is 0 Å². The zero-order valence-corrected chi connectivity index (χ0v) is 11.3. The molecule has 0 fully saturated rings. The third-order valence-electron chi connectivity index (χ3n) is 2.66. The average molecular weight is 216 g/mol. The van der Waals surface area contributed by atoms with Gasteiger partial charge in [0, 0.05) is 0 Å². The average Bonchev–Trinajstić information content (AvgIpc) is 2.11. The third kappa shape index (κ3) is 7.49. The SMILES string of the molecule is C=CCCS(C)(C)CC(C)CCCC. The highest BCUT2D eigenvalue weighted by Crippen LogP contribution is 2.43. The maximum atomic E-state index is 3.81. The Morgan fingerprint density at radius 2 is 2.00 bits per heavy atom. The zero-order chi connectivity index (χ0) is 11.0. The van der Waals surface area contributed by atoms with Crippen LogP contribution >= 0.6 is 10.0 Å². The van der Waals surface area contributed by atoms with E-state index in [1.807, 2.05) is 0 Å². The first-order chi connectivity index (χ1) is 6.52. The molecular weight excluding hydrogens is 188 g/mol. The van der Waals surface area contributed by atoms with E-state index in [0.29, 0.717) is 0 Å². The van der Waals surface area contributed by atoms with Crippen molar-refractivity contribution in [3.8, 4) is 0 Å². The fourth-order valence-electron chi connectivity index (χ4n) is 1.89. The Morgan fingerprint density at radius 3 is 2.50 bits per heavy atom. The van der Waals surface area contributed by atoms with Crippen LogP contribution < -0.4 is 0 Å². The van der Waals surface area contributed by atoms with Gasteiger partial charge < -0.3 is 0 Å². The molecule has 1 atom stereocenters. The Labute approximate surface area is 92.5 Å². The number of hydrogen-bond acceptors (Lipinski definition) is 0. The van der Waals surface area contributed by atoms with E-state index in [1.165, 1.54) is 37.2 Å². The van der Waals surface area contributed by atoms with Crippen molar-refractivity contribution in [1.82, 2.24) is 0 Å². The highest BCUT2D eigenvalue weighted by atomic mass is 32.3. The van der Waals surface area contributed by atoms with E-state index in [2.05, 4.69) is 39.0 Å². The lowest BCUT2D eigenvalue weighted by molar-refractivity contribution is 0.555. The Morgan fingerprint density at radius 1 is 1.36 bits per heavy atom. The Balaban J connectivity index is 3.75. The largest absolute Gasteiger partial charge is 0.246 e. The van der Waals surface area contributed by atoms with Gasteiger partial charge in [0.05, 0.1) is 0 Å². The first-order valence-electron chi connectivity index (χ1n) is 5.81. The molecule has 0 bridgehead atoms. The van der Waals surface area contributed by atoms with Gasteiger partial charge in [-0.15, -0.1) is 6.58 Å². The van der Waals surface area contributed by atoms with Gasteiger partial charge in [-0.3, -0.25) is 0 Å². The molecular formula is C13H28S. The number of allylic oxidation sites excluding steroid dienone is 1. The van der Waals surface area contributed by atoms with E-state index >= 15 is 0 Å². The predicted octanol–water partition coefficient (Wildman–Crippen LogP) is 4.45. The summed E-state index contributed by atoms with van der Waals surface area (Å²) in [5.41, 5.74) is 0. The smallest absolute Gasteiger partial charge is 0.0198 e. The van der Waals surface area contributed by atoms with Crippen LogP contribution in [0.15, 0.2) is 12.7 Å². The van der Waals surface area contributed by atoms with E-state index in [4.69, 9.17) is 0 Å². The lowest BCUT2D eigenvalue weighted by Crippen LogP contribution is -2.12. The van der Waals surface area contributed by atoms with Crippen molar-refractivity contribution in [2.75, 3.05) is 24.0 Å². The van der Waals surface area contributed by atoms with Gasteiger partial charge in [0.2, 0.25) is 0 Å². The van der Waals surface area contributed by atoms with Gasteiger partial charge in [0.1, 0.15) is 0 Å². The van der Waals surface area contributed by atoms with Crippen molar-refractivity contribution >= 4 is 10.0 Å². The fraction of sp³-hybridized carbons (Fsp3) is 0.846. The summed E-state index contributed by atoms with van der Waals surface area (Å²) in [5.74, 6) is 3.73. The summed E-state index contributed by atoms with van der Waals surface area (Å²) in [6.07, 6.45) is 12.4. The molecule has 0 heterocycles. The highest BCUT2D eigenvalue weighted by molar-refractivity contribution is 8.32. The van der Waals surface area contributed by atoms with Gasteiger partial charge >= 0.3 is 0 Å². The molecule has 1 heteroatoms. The minimum Gasteiger partial charge on any atom is -0.246 e. The fourth-order valence-corrected chi connectivity index (χ4v) is 4.57. The Hall–Kier alpha value is 0.0900. The molecule has 14 heavy (non-hydrogen) atoms. The molecule has 1 unspecified atom stereocenters.